The summed E-state index contributed by atoms with van der Waals surface area (Å²) >= 11 is 0. The van der Waals surface area contributed by atoms with Gasteiger partial charge in [-0.1, -0.05) is 0 Å². The van der Waals surface area contributed by atoms with E-state index < -0.39 is 41.9 Å². The van der Waals surface area contributed by atoms with Gasteiger partial charge in [0.05, 0.1) is 0 Å². The molecular weight excluding hydrogens is 322 g/mol. The van der Waals surface area contributed by atoms with Crippen LogP contribution in [0.15, 0.2) is 0 Å². The predicted molar refractivity (Wildman–Crippen MR) is 37.2 cm³/mol. The molecule has 1 saturated heterocycles. The van der Waals surface area contributed by atoms with Gasteiger partial charge >= 0.3 is 35.4 Å². The zero-order valence-corrected chi connectivity index (χ0v) is 8.62. The van der Waals surface area contributed by atoms with Crippen molar-refractivity contribution in [1.82, 2.24) is 0 Å². The Bertz CT molecular complexity index is 437. The maximum absolute atomic E-state index is 13.5. The Morgan fingerprint density at radius 3 is 1.75 bits per heavy atom. The molecule has 0 aromatic carbocycles. The maximum Gasteiger partial charge on any atom is 0.426 e. The van der Waals surface area contributed by atoms with E-state index in [2.05, 4.69) is 4.74 Å². The van der Waals surface area contributed by atoms with Crippen LogP contribution in [0.1, 0.15) is 0 Å². The largest absolute Gasteiger partial charge is 0.477 e. The van der Waals surface area contributed by atoms with Crippen LogP contribution in [0.5, 0.6) is 0 Å². The number of carboxylic acid groups (broad SMARTS) is 1. The van der Waals surface area contributed by atoms with Crippen molar-refractivity contribution in [2.24, 2.45) is 0 Å². The summed E-state index contributed by atoms with van der Waals surface area (Å²) < 4.78 is 130. The van der Waals surface area contributed by atoms with Crippen molar-refractivity contribution in [3.63, 3.8) is 0 Å². The highest BCUT2D eigenvalue weighted by Gasteiger charge is 2.97. The lowest BCUT2D eigenvalue weighted by Gasteiger charge is -2.34. The molecule has 0 bridgehead atoms. The van der Waals surface area contributed by atoms with E-state index in [1.54, 1.807) is 0 Å². The van der Waals surface area contributed by atoms with Crippen LogP contribution in [0, 0.1) is 0 Å². The molecule has 1 rings (SSSR count). The minimum Gasteiger partial charge on any atom is -0.477 e. The van der Waals surface area contributed by atoms with Crippen molar-refractivity contribution in [3.05, 3.63) is 0 Å². The molecule has 0 radical (unpaired) electrons. The van der Waals surface area contributed by atoms with Crippen LogP contribution in [-0.4, -0.2) is 47.0 Å². The second-order valence-corrected chi connectivity index (χ2v) is 3.68. The Hall–Kier alpha value is -1.27. The Balaban J connectivity index is 3.67. The fourth-order valence-electron chi connectivity index (χ4n) is 1.44. The Kier molecular flexibility index (Phi) is 3.26. The third kappa shape index (κ3) is 1.49. The lowest BCUT2D eigenvalue weighted by atomic mass is 9.87. The van der Waals surface area contributed by atoms with Gasteiger partial charge in [0.25, 0.3) is 6.43 Å². The lowest BCUT2D eigenvalue weighted by Crippen LogP contribution is -2.68. The number of halogens is 10. The maximum atomic E-state index is 13.5. The van der Waals surface area contributed by atoms with Gasteiger partial charge in [-0.15, -0.1) is 0 Å². The van der Waals surface area contributed by atoms with Crippen molar-refractivity contribution in [2.45, 2.75) is 35.9 Å². The second kappa shape index (κ2) is 3.89. The summed E-state index contributed by atoms with van der Waals surface area (Å²) in [5, 5.41) is 7.85. The van der Waals surface area contributed by atoms with Crippen LogP contribution in [0.25, 0.3) is 0 Å². The predicted octanol–water partition coefficient (Wildman–Crippen LogP) is 2.60. The van der Waals surface area contributed by atoms with Crippen LogP contribution in [-0.2, 0) is 9.53 Å². The first-order chi connectivity index (χ1) is 8.59. The first kappa shape index (κ1) is 16.8. The molecule has 3 nitrogen and oxygen atoms in total. The van der Waals surface area contributed by atoms with Crippen molar-refractivity contribution in [3.8, 4) is 0 Å². The van der Waals surface area contributed by atoms with E-state index in [-0.39, 0.29) is 0 Å². The first-order valence-corrected chi connectivity index (χ1v) is 4.32. The monoisotopic (exact) mass is 324 g/mol. The number of carbonyl (C=O) groups is 1. The van der Waals surface area contributed by atoms with Gasteiger partial charge in [-0.25, -0.2) is 22.4 Å². The number of carboxylic acids is 1. The van der Waals surface area contributed by atoms with Gasteiger partial charge in [0.2, 0.25) is 0 Å². The molecule has 1 aliphatic rings. The number of rotatable bonds is 3. The van der Waals surface area contributed by atoms with Crippen LogP contribution in [0.3, 0.4) is 0 Å². The van der Waals surface area contributed by atoms with Crippen molar-refractivity contribution < 1.29 is 58.5 Å². The van der Waals surface area contributed by atoms with Gasteiger partial charge < -0.3 is 5.11 Å². The Morgan fingerprint density at radius 2 is 1.45 bits per heavy atom. The molecular formula is C7H2F10O3. The molecule has 1 heterocycles. The molecule has 0 aromatic rings. The first-order valence-electron chi connectivity index (χ1n) is 4.32. The summed E-state index contributed by atoms with van der Waals surface area (Å²) in [6.07, 6.45) is -11.9. The zero-order valence-electron chi connectivity index (χ0n) is 8.62. The molecule has 0 amide bonds. The van der Waals surface area contributed by atoms with Crippen molar-refractivity contribution in [1.29, 1.82) is 0 Å². The summed E-state index contributed by atoms with van der Waals surface area (Å²) in [6.45, 7) is 0. The van der Waals surface area contributed by atoms with E-state index in [4.69, 9.17) is 5.11 Å². The molecule has 13 heteroatoms. The van der Waals surface area contributed by atoms with Gasteiger partial charge in [-0.05, 0) is 0 Å². The van der Waals surface area contributed by atoms with E-state index in [9.17, 15) is 48.7 Å². The fourth-order valence-corrected chi connectivity index (χ4v) is 1.44. The minimum atomic E-state index is -6.75. The van der Waals surface area contributed by atoms with E-state index in [1.807, 2.05) is 0 Å². The van der Waals surface area contributed by atoms with E-state index in [1.165, 1.54) is 0 Å². The van der Waals surface area contributed by atoms with E-state index >= 15 is 0 Å². The molecule has 0 spiro atoms. The van der Waals surface area contributed by atoms with Gasteiger partial charge in [-0.2, -0.15) is 26.3 Å². The summed E-state index contributed by atoms with van der Waals surface area (Å²) in [5.74, 6) is -23.4. The molecule has 0 aliphatic carbocycles. The second-order valence-electron chi connectivity index (χ2n) is 3.68. The van der Waals surface area contributed by atoms with Gasteiger partial charge in [-0.3, -0.25) is 4.74 Å². The Morgan fingerprint density at radius 1 is 1.05 bits per heavy atom. The lowest BCUT2D eigenvalue weighted by molar-refractivity contribution is -0.367. The summed E-state index contributed by atoms with van der Waals surface area (Å²) in [5.41, 5.74) is -6.59. The van der Waals surface area contributed by atoms with Gasteiger partial charge in [0.1, 0.15) is 0 Å². The number of aliphatic carboxylic acids is 1. The SMILES string of the molecule is O=C(O)C(F)(F)C1(F)OC(F)(F)C(F)(F)C1(F)C(F)F. The molecule has 1 aliphatic heterocycles. The number of alkyl halides is 10. The molecule has 1 N–H and O–H groups in total. The van der Waals surface area contributed by atoms with Gasteiger partial charge in [0.15, 0.2) is 0 Å². The fraction of sp³-hybridized carbons (Fsp3) is 0.857. The normalized spacial score (nSPS) is 36.4. The highest BCUT2D eigenvalue weighted by molar-refractivity contribution is 5.77. The van der Waals surface area contributed by atoms with Crippen LogP contribution in [0.2, 0.25) is 0 Å². The quantitative estimate of drug-likeness (QED) is 0.812. The molecule has 20 heavy (non-hydrogen) atoms. The van der Waals surface area contributed by atoms with Crippen molar-refractivity contribution in [2.75, 3.05) is 0 Å². The standard InChI is InChI=1S/C7H2F10O3/c8-1(9)3(10)5(13,14)7(16,17)20-6(3,15)4(11,12)2(18)19/h1H,(H,18,19). The zero-order chi connectivity index (χ0) is 16.4. The highest BCUT2D eigenvalue weighted by atomic mass is 19.3. The summed E-state index contributed by atoms with van der Waals surface area (Å²) in [4.78, 5) is 9.97. The molecule has 1 fully saturated rings. The average molecular weight is 324 g/mol. The van der Waals surface area contributed by atoms with Crippen LogP contribution in [0.4, 0.5) is 43.9 Å². The van der Waals surface area contributed by atoms with Crippen LogP contribution < -0.4 is 0 Å². The summed E-state index contributed by atoms with van der Waals surface area (Å²) in [7, 11) is 0. The number of hydrogen-bond donors (Lipinski definition) is 1. The highest BCUT2D eigenvalue weighted by Crippen LogP contribution is 2.65. The smallest absolute Gasteiger partial charge is 0.426 e. The van der Waals surface area contributed by atoms with E-state index in [0.29, 0.717) is 0 Å². The Labute approximate surface area is 102 Å². The average Bonchev–Trinajstić information content (AvgIpc) is 2.35. The summed E-state index contributed by atoms with van der Waals surface area (Å²) in [6, 6.07) is 0. The number of ether oxygens (including phenoxy) is 1. The number of hydrogen-bond acceptors (Lipinski definition) is 2. The molecule has 0 aromatic heterocycles. The third-order valence-electron chi connectivity index (χ3n) is 2.53. The minimum absolute atomic E-state index is 2.12. The van der Waals surface area contributed by atoms with E-state index in [0.717, 1.165) is 0 Å². The van der Waals surface area contributed by atoms with Gasteiger partial charge in [0, 0.05) is 0 Å². The van der Waals surface area contributed by atoms with Crippen LogP contribution >= 0.6 is 0 Å². The topological polar surface area (TPSA) is 46.5 Å². The molecule has 118 valence electrons. The molecule has 2 unspecified atom stereocenters. The van der Waals surface area contributed by atoms with Crippen molar-refractivity contribution >= 4 is 5.97 Å². The molecule has 2 atom stereocenters. The third-order valence-corrected chi connectivity index (χ3v) is 2.53. The molecule has 0 saturated carbocycles.